The van der Waals surface area contributed by atoms with Crippen molar-refractivity contribution in [2.75, 3.05) is 6.61 Å². The third-order valence-corrected chi connectivity index (χ3v) is 7.90. The number of hydrogen-bond acceptors (Lipinski definition) is 8. The van der Waals surface area contributed by atoms with Crippen LogP contribution in [0.2, 0.25) is 0 Å². The highest BCUT2D eigenvalue weighted by atomic mass is 19.4. The number of carboxylic acid groups (broad SMARTS) is 1. The molecule has 2 aromatic heterocycles. The van der Waals surface area contributed by atoms with Crippen LogP contribution in [0.3, 0.4) is 0 Å². The summed E-state index contributed by atoms with van der Waals surface area (Å²) in [7, 11) is 0. The zero-order valence-corrected chi connectivity index (χ0v) is 21.7. The highest BCUT2D eigenvalue weighted by Crippen LogP contribution is 2.45. The van der Waals surface area contributed by atoms with E-state index in [4.69, 9.17) is 13.8 Å². The van der Waals surface area contributed by atoms with Gasteiger partial charge >= 0.3 is 12.1 Å². The van der Waals surface area contributed by atoms with Gasteiger partial charge in [-0.1, -0.05) is 65.6 Å². The number of hydrogen-bond donors (Lipinski definition) is 2. The molecule has 0 saturated heterocycles. The third-order valence-electron chi connectivity index (χ3n) is 7.90. The molecule has 1 fully saturated rings. The molecule has 0 spiro atoms. The van der Waals surface area contributed by atoms with Gasteiger partial charge in [-0.15, -0.1) is 0 Å². The number of fused-ring (bicyclic) bond motifs is 1. The second kappa shape index (κ2) is 10.7. The fourth-order valence-electron chi connectivity index (χ4n) is 5.86. The van der Waals surface area contributed by atoms with Gasteiger partial charge in [0.25, 0.3) is 5.89 Å². The van der Waals surface area contributed by atoms with Crippen LogP contribution in [0.15, 0.2) is 57.6 Å². The number of nitrogens with zero attached hydrogens (tertiary/aromatic N) is 3. The number of aliphatic hydroxyl groups is 1. The minimum atomic E-state index is -4.80. The minimum absolute atomic E-state index is 0.00992. The first-order chi connectivity index (χ1) is 19.7. The van der Waals surface area contributed by atoms with Crippen LogP contribution in [0.25, 0.3) is 34.3 Å². The summed E-state index contributed by atoms with van der Waals surface area (Å²) in [6.07, 6.45) is -1.90. The van der Waals surface area contributed by atoms with E-state index < -0.39 is 35.5 Å². The van der Waals surface area contributed by atoms with E-state index in [1.807, 2.05) is 0 Å². The van der Waals surface area contributed by atoms with Crippen LogP contribution in [-0.2, 0) is 11.0 Å². The van der Waals surface area contributed by atoms with Crippen LogP contribution in [0, 0.1) is 17.8 Å². The molecule has 4 aromatic rings. The number of ether oxygens (including phenoxy) is 1. The van der Waals surface area contributed by atoms with Crippen LogP contribution in [0.1, 0.15) is 49.3 Å². The van der Waals surface area contributed by atoms with Gasteiger partial charge < -0.3 is 24.0 Å². The maximum atomic E-state index is 14.0. The van der Waals surface area contributed by atoms with Crippen molar-refractivity contribution >= 4 is 5.97 Å². The first kappa shape index (κ1) is 27.0. The maximum absolute atomic E-state index is 14.0. The van der Waals surface area contributed by atoms with Crippen molar-refractivity contribution in [2.24, 2.45) is 17.8 Å². The molecule has 6 rings (SSSR count). The van der Waals surface area contributed by atoms with Crippen molar-refractivity contribution in [1.29, 1.82) is 0 Å². The van der Waals surface area contributed by atoms with E-state index in [9.17, 15) is 28.2 Å². The summed E-state index contributed by atoms with van der Waals surface area (Å²) < 4.78 is 58.3. The summed E-state index contributed by atoms with van der Waals surface area (Å²) in [5.41, 5.74) is -0.290. The standard InChI is InChI=1S/C29H26F3N3O6/c30-29(31,32)22-23(16-6-2-1-3-7-16)34-40-25(22)27-33-26(35-41-27)17-9-10-20-21(13-17)39-14-19(24(20)36)12-15-5-4-8-18(11-15)28(37)38/h1-3,6-7,9-10,13,15,18-19,24,36H,4-5,8,11-12,14H2,(H,37,38)/t15?,18-,19+,24+/m0/s1. The molecule has 2 N–H and O–H groups in total. The molecular weight excluding hydrogens is 543 g/mol. The number of rotatable bonds is 6. The number of aliphatic hydroxyl groups excluding tert-OH is 1. The Kier molecular flexibility index (Phi) is 7.02. The Hall–Kier alpha value is -4.19. The summed E-state index contributed by atoms with van der Waals surface area (Å²) in [4.78, 5) is 15.6. The van der Waals surface area contributed by atoms with Crippen molar-refractivity contribution in [2.45, 2.75) is 44.4 Å². The number of alkyl halides is 3. The summed E-state index contributed by atoms with van der Waals surface area (Å²) in [5.74, 6) is -1.85. The predicted octanol–water partition coefficient (Wildman–Crippen LogP) is 6.40. The summed E-state index contributed by atoms with van der Waals surface area (Å²) in [6, 6.07) is 12.7. The molecule has 1 aliphatic carbocycles. The van der Waals surface area contributed by atoms with E-state index in [2.05, 4.69) is 15.3 Å². The van der Waals surface area contributed by atoms with Crippen LogP contribution in [0.5, 0.6) is 5.75 Å². The number of aromatic nitrogens is 3. The number of benzene rings is 2. The van der Waals surface area contributed by atoms with Gasteiger partial charge in [-0.25, -0.2) is 0 Å². The smallest absolute Gasteiger partial charge is 0.422 e. The fraction of sp³-hybridized carbons (Fsp3) is 0.379. The van der Waals surface area contributed by atoms with Crippen LogP contribution in [-0.4, -0.2) is 38.1 Å². The molecular formula is C29H26F3N3O6. The summed E-state index contributed by atoms with van der Waals surface area (Å²) in [5, 5.41) is 27.9. The van der Waals surface area contributed by atoms with Crippen molar-refractivity contribution in [3.8, 4) is 40.0 Å². The fourth-order valence-corrected chi connectivity index (χ4v) is 5.86. The molecule has 1 saturated carbocycles. The van der Waals surface area contributed by atoms with E-state index in [-0.39, 0.29) is 41.4 Å². The SMILES string of the molecule is O=C(O)[C@H]1CCCC(C[C@@H]2COc3cc(-c4noc(-c5onc(-c6ccccc6)c5C(F)(F)F)n4)ccc3[C@@H]2O)C1. The molecule has 0 bridgehead atoms. The van der Waals surface area contributed by atoms with Crippen LogP contribution < -0.4 is 4.74 Å². The topological polar surface area (TPSA) is 132 Å². The normalized spacial score (nSPS) is 22.6. The number of carbonyl (C=O) groups is 1. The molecule has 0 amide bonds. The van der Waals surface area contributed by atoms with Gasteiger partial charge in [0.15, 0.2) is 0 Å². The molecule has 2 aliphatic rings. The summed E-state index contributed by atoms with van der Waals surface area (Å²) in [6.45, 7) is 0.249. The predicted molar refractivity (Wildman–Crippen MR) is 137 cm³/mol. The Balaban J connectivity index is 1.22. The van der Waals surface area contributed by atoms with Crippen LogP contribution >= 0.6 is 0 Å². The summed E-state index contributed by atoms with van der Waals surface area (Å²) >= 11 is 0. The molecule has 3 heterocycles. The largest absolute Gasteiger partial charge is 0.493 e. The Morgan fingerprint density at radius 1 is 1.02 bits per heavy atom. The lowest BCUT2D eigenvalue weighted by atomic mass is 9.75. The quantitative estimate of drug-likeness (QED) is 0.271. The third kappa shape index (κ3) is 5.31. The lowest BCUT2D eigenvalue weighted by Crippen LogP contribution is -2.30. The van der Waals surface area contributed by atoms with Gasteiger partial charge in [-0.2, -0.15) is 18.2 Å². The van der Waals surface area contributed by atoms with Crippen molar-refractivity contribution in [1.82, 2.24) is 15.3 Å². The molecule has 1 unspecified atom stereocenters. The van der Waals surface area contributed by atoms with Gasteiger partial charge in [-0.05, 0) is 31.2 Å². The van der Waals surface area contributed by atoms with Gasteiger partial charge in [0.05, 0.1) is 18.6 Å². The monoisotopic (exact) mass is 569 g/mol. The first-order valence-corrected chi connectivity index (χ1v) is 13.3. The highest BCUT2D eigenvalue weighted by Gasteiger charge is 2.43. The van der Waals surface area contributed by atoms with Gasteiger partial charge in [-0.3, -0.25) is 4.79 Å². The molecule has 9 nitrogen and oxygen atoms in total. The lowest BCUT2D eigenvalue weighted by molar-refractivity contribution is -0.143. The molecule has 12 heteroatoms. The van der Waals surface area contributed by atoms with Crippen molar-refractivity contribution in [3.05, 3.63) is 59.7 Å². The van der Waals surface area contributed by atoms with Gasteiger partial charge in [0, 0.05) is 22.6 Å². The number of aliphatic carboxylic acids is 1. The van der Waals surface area contributed by atoms with Crippen molar-refractivity contribution in [3.63, 3.8) is 0 Å². The molecule has 214 valence electrons. The van der Waals surface area contributed by atoms with E-state index in [1.54, 1.807) is 36.4 Å². The minimum Gasteiger partial charge on any atom is -0.493 e. The van der Waals surface area contributed by atoms with E-state index in [0.717, 1.165) is 12.8 Å². The van der Waals surface area contributed by atoms with Gasteiger partial charge in [0.1, 0.15) is 17.0 Å². The maximum Gasteiger partial charge on any atom is 0.422 e. The second-order valence-corrected chi connectivity index (χ2v) is 10.6. The van der Waals surface area contributed by atoms with Crippen LogP contribution in [0.4, 0.5) is 13.2 Å². The highest BCUT2D eigenvalue weighted by molar-refractivity contribution is 5.71. The van der Waals surface area contributed by atoms with Crippen molar-refractivity contribution < 1.29 is 42.0 Å². The molecule has 41 heavy (non-hydrogen) atoms. The average Bonchev–Trinajstić information content (AvgIpc) is 3.63. The Morgan fingerprint density at radius 2 is 1.83 bits per heavy atom. The second-order valence-electron chi connectivity index (χ2n) is 10.6. The molecule has 4 atom stereocenters. The Bertz CT molecular complexity index is 1550. The van der Waals surface area contributed by atoms with Gasteiger partial charge in [0.2, 0.25) is 11.6 Å². The number of carboxylic acids is 1. The zero-order chi connectivity index (χ0) is 28.7. The van der Waals surface area contributed by atoms with E-state index >= 15 is 0 Å². The molecule has 0 radical (unpaired) electrons. The average molecular weight is 570 g/mol. The zero-order valence-electron chi connectivity index (χ0n) is 21.7. The first-order valence-electron chi connectivity index (χ1n) is 13.3. The molecule has 2 aromatic carbocycles. The Morgan fingerprint density at radius 3 is 2.59 bits per heavy atom. The Labute approximate surface area is 231 Å². The lowest BCUT2D eigenvalue weighted by Gasteiger charge is -2.35. The van der Waals surface area contributed by atoms with E-state index in [0.29, 0.717) is 36.1 Å². The van der Waals surface area contributed by atoms with E-state index in [1.165, 1.54) is 12.1 Å². The molecule has 1 aliphatic heterocycles. The number of halogens is 3.